The number of carboxylic acids is 1. The average Bonchev–Trinajstić information content (AvgIpc) is 2.78. The highest BCUT2D eigenvalue weighted by Gasteiger charge is 2.34. The Labute approximate surface area is 100 Å². The Morgan fingerprint density at radius 1 is 1.29 bits per heavy atom. The first kappa shape index (κ1) is 13.6. The minimum atomic E-state index is -0.916. The van der Waals surface area contributed by atoms with Gasteiger partial charge in [-0.3, -0.25) is 10.1 Å². The summed E-state index contributed by atoms with van der Waals surface area (Å²) in [6.07, 6.45) is 1.69. The summed E-state index contributed by atoms with van der Waals surface area (Å²) in [7, 11) is 0. The zero-order valence-corrected chi connectivity index (χ0v) is 10.5. The summed E-state index contributed by atoms with van der Waals surface area (Å²) >= 11 is 0. The van der Waals surface area contributed by atoms with Crippen LogP contribution in [0.4, 0.5) is 0 Å². The molecule has 0 unspecified atom stereocenters. The summed E-state index contributed by atoms with van der Waals surface area (Å²) < 4.78 is 5.32. The number of hydrogen-bond acceptors (Lipinski definition) is 5. The van der Waals surface area contributed by atoms with Crippen molar-refractivity contribution in [3.8, 4) is 0 Å². The van der Waals surface area contributed by atoms with Crippen molar-refractivity contribution in [3.05, 3.63) is 11.8 Å². The Morgan fingerprint density at radius 3 is 2.29 bits per heavy atom. The monoisotopic (exact) mass is 241 g/mol. The molecule has 0 aliphatic rings. The molecule has 0 saturated carbocycles. The van der Waals surface area contributed by atoms with Crippen LogP contribution in [0.15, 0.2) is 4.42 Å². The molecule has 0 aromatic carbocycles. The van der Waals surface area contributed by atoms with Gasteiger partial charge in [-0.2, -0.15) is 0 Å². The van der Waals surface area contributed by atoms with Gasteiger partial charge in [-0.25, -0.2) is 0 Å². The Hall–Kier alpha value is -1.43. The van der Waals surface area contributed by atoms with Crippen molar-refractivity contribution < 1.29 is 14.3 Å². The van der Waals surface area contributed by atoms with Crippen molar-refractivity contribution in [2.45, 2.75) is 52.1 Å². The topological polar surface area (TPSA) is 88.2 Å². The molecule has 0 radical (unpaired) electrons. The molecule has 0 aliphatic heterocycles. The van der Waals surface area contributed by atoms with E-state index in [0.29, 0.717) is 31.0 Å². The van der Waals surface area contributed by atoms with Crippen LogP contribution < -0.4 is 5.32 Å². The lowest BCUT2D eigenvalue weighted by Crippen LogP contribution is -2.50. The van der Waals surface area contributed by atoms with E-state index >= 15 is 0 Å². The number of rotatable bonds is 7. The second kappa shape index (κ2) is 5.77. The SMILES string of the molecule is CCc1nnc(CNC(CC)(CC)C(=O)O)o1. The molecule has 0 saturated heterocycles. The van der Waals surface area contributed by atoms with Crippen molar-refractivity contribution in [2.75, 3.05) is 0 Å². The Kier molecular flexibility index (Phi) is 4.62. The van der Waals surface area contributed by atoms with E-state index in [1.54, 1.807) is 0 Å². The van der Waals surface area contributed by atoms with Crippen molar-refractivity contribution >= 4 is 5.97 Å². The number of nitrogens with one attached hydrogen (secondary N) is 1. The maximum atomic E-state index is 11.2. The molecule has 96 valence electrons. The highest BCUT2D eigenvalue weighted by atomic mass is 16.4. The predicted octanol–water partition coefficient (Wildman–Crippen LogP) is 1.36. The zero-order chi connectivity index (χ0) is 12.9. The highest BCUT2D eigenvalue weighted by Crippen LogP contribution is 2.16. The normalized spacial score (nSPS) is 11.7. The second-order valence-electron chi connectivity index (χ2n) is 3.89. The summed E-state index contributed by atoms with van der Waals surface area (Å²) in [4.78, 5) is 11.2. The fourth-order valence-electron chi connectivity index (χ4n) is 1.63. The maximum Gasteiger partial charge on any atom is 0.323 e. The number of carbonyl (C=O) groups is 1. The Morgan fingerprint density at radius 2 is 1.88 bits per heavy atom. The Balaban J connectivity index is 2.66. The number of aromatic nitrogens is 2. The third kappa shape index (κ3) is 3.03. The van der Waals surface area contributed by atoms with Gasteiger partial charge < -0.3 is 9.52 Å². The molecule has 0 aliphatic carbocycles. The van der Waals surface area contributed by atoms with Gasteiger partial charge in [-0.05, 0) is 12.8 Å². The van der Waals surface area contributed by atoms with E-state index in [-0.39, 0.29) is 6.54 Å². The second-order valence-corrected chi connectivity index (χ2v) is 3.89. The van der Waals surface area contributed by atoms with E-state index < -0.39 is 11.5 Å². The summed E-state index contributed by atoms with van der Waals surface area (Å²) in [6, 6.07) is 0. The minimum Gasteiger partial charge on any atom is -0.480 e. The van der Waals surface area contributed by atoms with Gasteiger partial charge in [0.2, 0.25) is 11.8 Å². The molecule has 0 bridgehead atoms. The van der Waals surface area contributed by atoms with Crippen molar-refractivity contribution in [3.63, 3.8) is 0 Å². The molecule has 6 nitrogen and oxygen atoms in total. The first-order chi connectivity index (χ1) is 8.07. The lowest BCUT2D eigenvalue weighted by atomic mass is 9.93. The van der Waals surface area contributed by atoms with Crippen molar-refractivity contribution in [2.24, 2.45) is 0 Å². The first-order valence-electron chi connectivity index (χ1n) is 5.87. The van der Waals surface area contributed by atoms with E-state index in [4.69, 9.17) is 4.42 Å². The molecule has 1 aromatic heterocycles. The summed E-state index contributed by atoms with van der Waals surface area (Å²) in [6.45, 7) is 5.89. The third-order valence-electron chi connectivity index (χ3n) is 3.01. The van der Waals surface area contributed by atoms with Crippen molar-refractivity contribution in [1.29, 1.82) is 0 Å². The number of hydrogen-bond donors (Lipinski definition) is 2. The predicted molar refractivity (Wildman–Crippen MR) is 61.5 cm³/mol. The zero-order valence-electron chi connectivity index (χ0n) is 10.5. The van der Waals surface area contributed by atoms with E-state index in [0.717, 1.165) is 0 Å². The van der Waals surface area contributed by atoms with Gasteiger partial charge >= 0.3 is 5.97 Å². The van der Waals surface area contributed by atoms with Gasteiger partial charge in [0.15, 0.2) is 0 Å². The van der Waals surface area contributed by atoms with Crippen LogP contribution in [0.2, 0.25) is 0 Å². The number of aliphatic carboxylic acids is 1. The highest BCUT2D eigenvalue weighted by molar-refractivity contribution is 5.78. The van der Waals surface area contributed by atoms with Crippen LogP contribution in [0.1, 0.15) is 45.4 Å². The largest absolute Gasteiger partial charge is 0.480 e. The molecule has 0 fully saturated rings. The van der Waals surface area contributed by atoms with Crippen molar-refractivity contribution in [1.82, 2.24) is 15.5 Å². The first-order valence-corrected chi connectivity index (χ1v) is 5.87. The van der Waals surface area contributed by atoms with E-state index in [2.05, 4.69) is 15.5 Å². The van der Waals surface area contributed by atoms with Crippen LogP contribution in [0.3, 0.4) is 0 Å². The fraction of sp³-hybridized carbons (Fsp3) is 0.727. The van der Waals surface area contributed by atoms with Gasteiger partial charge in [-0.1, -0.05) is 20.8 Å². The third-order valence-corrected chi connectivity index (χ3v) is 3.01. The molecule has 2 N–H and O–H groups in total. The molecule has 6 heteroatoms. The molecular weight excluding hydrogens is 222 g/mol. The molecular formula is C11H19N3O3. The molecule has 0 amide bonds. The maximum absolute atomic E-state index is 11.2. The lowest BCUT2D eigenvalue weighted by molar-refractivity contribution is -0.145. The van der Waals surface area contributed by atoms with E-state index in [9.17, 15) is 9.90 Å². The van der Waals surface area contributed by atoms with E-state index in [1.807, 2.05) is 20.8 Å². The van der Waals surface area contributed by atoms with Crippen LogP contribution in [0.5, 0.6) is 0 Å². The smallest absolute Gasteiger partial charge is 0.323 e. The van der Waals surface area contributed by atoms with Gasteiger partial charge in [0.25, 0.3) is 0 Å². The summed E-state index contributed by atoms with van der Waals surface area (Å²) in [5.41, 5.74) is -0.916. The molecule has 0 spiro atoms. The van der Waals surface area contributed by atoms with Gasteiger partial charge in [-0.15, -0.1) is 10.2 Å². The quantitative estimate of drug-likeness (QED) is 0.749. The lowest BCUT2D eigenvalue weighted by Gasteiger charge is -2.27. The van der Waals surface area contributed by atoms with Crippen LogP contribution in [0.25, 0.3) is 0 Å². The number of carboxylic acid groups (broad SMARTS) is 1. The summed E-state index contributed by atoms with van der Waals surface area (Å²) in [5.74, 6) is 0.142. The van der Waals surface area contributed by atoms with Crippen LogP contribution in [-0.2, 0) is 17.8 Å². The van der Waals surface area contributed by atoms with Gasteiger partial charge in [0.05, 0.1) is 6.54 Å². The van der Waals surface area contributed by atoms with Gasteiger partial charge in [0, 0.05) is 6.42 Å². The Bertz CT molecular complexity index is 372. The standard InChI is InChI=1S/C11H19N3O3/c1-4-8-13-14-9(17-8)7-12-11(5-2,6-3)10(15)16/h12H,4-7H2,1-3H3,(H,15,16). The van der Waals surface area contributed by atoms with Crippen LogP contribution in [0, 0.1) is 0 Å². The number of nitrogens with zero attached hydrogens (tertiary/aromatic N) is 2. The average molecular weight is 241 g/mol. The molecule has 1 heterocycles. The van der Waals surface area contributed by atoms with Crippen LogP contribution >= 0.6 is 0 Å². The molecule has 1 aromatic rings. The van der Waals surface area contributed by atoms with Gasteiger partial charge in [0.1, 0.15) is 5.54 Å². The molecule has 0 atom stereocenters. The molecule has 1 rings (SSSR count). The number of aryl methyl sites for hydroxylation is 1. The summed E-state index contributed by atoms with van der Waals surface area (Å²) in [5, 5.41) is 19.9. The van der Waals surface area contributed by atoms with Crippen LogP contribution in [-0.4, -0.2) is 26.8 Å². The van der Waals surface area contributed by atoms with E-state index in [1.165, 1.54) is 0 Å². The molecule has 17 heavy (non-hydrogen) atoms. The fourth-order valence-corrected chi connectivity index (χ4v) is 1.63. The minimum absolute atomic E-state index is 0.279.